The summed E-state index contributed by atoms with van der Waals surface area (Å²) in [6.45, 7) is 1.91. The Morgan fingerprint density at radius 1 is 1.47 bits per heavy atom. The number of primary amides is 1. The lowest BCUT2D eigenvalue weighted by atomic mass is 10.1. The fourth-order valence-electron chi connectivity index (χ4n) is 1.04. The minimum absolute atomic E-state index is 0.191. The number of amides is 1. The van der Waals surface area contributed by atoms with Crippen molar-refractivity contribution in [2.45, 2.75) is 13.3 Å². The van der Waals surface area contributed by atoms with Crippen LogP contribution in [0.4, 0.5) is 0 Å². The fraction of sp³-hybridized carbons (Fsp3) is 0.273. The van der Waals surface area contributed by atoms with Gasteiger partial charge in [-0.05, 0) is 17.5 Å². The molecule has 0 spiro atoms. The third-order valence-corrected chi connectivity index (χ3v) is 1.87. The first-order chi connectivity index (χ1) is 7.22. The average Bonchev–Trinajstić information content (AvgIpc) is 2.25. The highest BCUT2D eigenvalue weighted by molar-refractivity contribution is 5.79. The number of benzene rings is 1. The molecule has 1 aromatic rings. The molecule has 0 radical (unpaired) electrons. The zero-order chi connectivity index (χ0) is 11.1. The monoisotopic (exact) mass is 206 g/mol. The van der Waals surface area contributed by atoms with Crippen LogP contribution in [0.25, 0.3) is 0 Å². The van der Waals surface area contributed by atoms with Gasteiger partial charge in [0.2, 0.25) is 0 Å². The maximum absolute atomic E-state index is 10.3. The van der Waals surface area contributed by atoms with Gasteiger partial charge < -0.3 is 10.6 Å². The molecule has 0 atom stereocenters. The summed E-state index contributed by atoms with van der Waals surface area (Å²) in [6.07, 6.45) is 2.55. The lowest BCUT2D eigenvalue weighted by molar-refractivity contribution is -0.122. The van der Waals surface area contributed by atoms with Crippen molar-refractivity contribution >= 4 is 12.1 Å². The van der Waals surface area contributed by atoms with Gasteiger partial charge in [-0.25, -0.2) is 0 Å². The molecule has 80 valence electrons. The van der Waals surface area contributed by atoms with E-state index in [1.165, 1.54) is 5.56 Å². The summed E-state index contributed by atoms with van der Waals surface area (Å²) < 4.78 is 0. The maximum Gasteiger partial charge on any atom is 0.258 e. The van der Waals surface area contributed by atoms with Crippen LogP contribution in [0.1, 0.15) is 18.1 Å². The van der Waals surface area contributed by atoms with Gasteiger partial charge in [0.1, 0.15) is 0 Å². The van der Waals surface area contributed by atoms with Gasteiger partial charge >= 0.3 is 0 Å². The van der Waals surface area contributed by atoms with E-state index in [-0.39, 0.29) is 6.61 Å². The van der Waals surface area contributed by atoms with Gasteiger partial charge in [-0.15, -0.1) is 0 Å². The third kappa shape index (κ3) is 4.26. The number of aryl methyl sites for hydroxylation is 1. The minimum Gasteiger partial charge on any atom is -0.386 e. The topological polar surface area (TPSA) is 64.7 Å². The second kappa shape index (κ2) is 5.80. The molecule has 0 saturated heterocycles. The van der Waals surface area contributed by atoms with Crippen LogP contribution in [0, 0.1) is 0 Å². The molecule has 0 heterocycles. The van der Waals surface area contributed by atoms with Crippen molar-refractivity contribution in [3.63, 3.8) is 0 Å². The number of rotatable bonds is 5. The normalized spacial score (nSPS) is 10.5. The summed E-state index contributed by atoms with van der Waals surface area (Å²) in [6, 6.07) is 7.93. The molecule has 4 heteroatoms. The van der Waals surface area contributed by atoms with Crippen LogP contribution in [-0.2, 0) is 16.1 Å². The van der Waals surface area contributed by atoms with Crippen LogP contribution in [0.3, 0.4) is 0 Å². The van der Waals surface area contributed by atoms with E-state index >= 15 is 0 Å². The fourth-order valence-corrected chi connectivity index (χ4v) is 1.04. The quantitative estimate of drug-likeness (QED) is 0.578. The first kappa shape index (κ1) is 11.2. The number of nitrogens with zero attached hydrogens (tertiary/aromatic N) is 1. The molecular weight excluding hydrogens is 192 g/mol. The van der Waals surface area contributed by atoms with E-state index < -0.39 is 5.91 Å². The van der Waals surface area contributed by atoms with Crippen molar-refractivity contribution in [2.24, 2.45) is 10.9 Å². The molecule has 0 aliphatic carbocycles. The first-order valence-electron chi connectivity index (χ1n) is 4.75. The highest BCUT2D eigenvalue weighted by atomic mass is 16.6. The average molecular weight is 206 g/mol. The predicted octanol–water partition coefficient (Wildman–Crippen LogP) is 1.08. The summed E-state index contributed by atoms with van der Waals surface area (Å²) in [5.41, 5.74) is 7.07. The van der Waals surface area contributed by atoms with Crippen molar-refractivity contribution in [1.82, 2.24) is 0 Å². The van der Waals surface area contributed by atoms with Crippen LogP contribution >= 0.6 is 0 Å². The Morgan fingerprint density at radius 2 is 2.13 bits per heavy atom. The molecule has 1 amide bonds. The zero-order valence-corrected chi connectivity index (χ0v) is 8.64. The number of oxime groups is 1. The maximum atomic E-state index is 10.3. The molecule has 2 N–H and O–H groups in total. The highest BCUT2D eigenvalue weighted by Gasteiger charge is 1.92. The van der Waals surface area contributed by atoms with Crippen LogP contribution in [0.2, 0.25) is 0 Å². The zero-order valence-electron chi connectivity index (χ0n) is 8.64. The Bertz CT molecular complexity index is 344. The molecule has 1 rings (SSSR count). The van der Waals surface area contributed by atoms with E-state index in [2.05, 4.69) is 16.9 Å². The van der Waals surface area contributed by atoms with Gasteiger partial charge in [-0.3, -0.25) is 4.79 Å². The van der Waals surface area contributed by atoms with Crippen molar-refractivity contribution < 1.29 is 9.63 Å². The van der Waals surface area contributed by atoms with Gasteiger partial charge in [0.25, 0.3) is 5.91 Å². The summed E-state index contributed by atoms with van der Waals surface area (Å²) in [7, 11) is 0. The molecule has 0 aliphatic rings. The van der Waals surface area contributed by atoms with Gasteiger partial charge in [0, 0.05) is 0 Å². The molecule has 0 saturated carbocycles. The van der Waals surface area contributed by atoms with Crippen LogP contribution in [-0.4, -0.2) is 18.7 Å². The first-order valence-corrected chi connectivity index (χ1v) is 4.75. The van der Waals surface area contributed by atoms with E-state index in [9.17, 15) is 4.79 Å². The SMILES string of the molecule is CCc1ccc(/C=N\OCC(N)=O)cc1. The van der Waals surface area contributed by atoms with Crippen LogP contribution in [0.15, 0.2) is 29.4 Å². The van der Waals surface area contributed by atoms with Crippen molar-refractivity contribution in [2.75, 3.05) is 6.61 Å². The van der Waals surface area contributed by atoms with Gasteiger partial charge in [-0.2, -0.15) is 0 Å². The Kier molecular flexibility index (Phi) is 4.34. The van der Waals surface area contributed by atoms with Gasteiger partial charge in [0.05, 0.1) is 6.21 Å². The van der Waals surface area contributed by atoms with Crippen LogP contribution < -0.4 is 5.73 Å². The summed E-state index contributed by atoms with van der Waals surface area (Å²) in [5, 5.41) is 3.61. The van der Waals surface area contributed by atoms with Crippen molar-refractivity contribution in [3.8, 4) is 0 Å². The Balaban J connectivity index is 2.46. The molecule has 1 aromatic carbocycles. The van der Waals surface area contributed by atoms with E-state index in [0.717, 1.165) is 12.0 Å². The van der Waals surface area contributed by atoms with E-state index in [1.54, 1.807) is 6.21 Å². The Hall–Kier alpha value is -1.84. The highest BCUT2D eigenvalue weighted by Crippen LogP contribution is 2.02. The standard InChI is InChI=1S/C11H14N2O2/c1-2-9-3-5-10(6-4-9)7-13-15-8-11(12)14/h3-7H,2,8H2,1H3,(H2,12,14)/b13-7-. The largest absolute Gasteiger partial charge is 0.386 e. The smallest absolute Gasteiger partial charge is 0.258 e. The number of nitrogens with two attached hydrogens (primary N) is 1. The number of carbonyl (C=O) groups excluding carboxylic acids is 1. The molecular formula is C11H14N2O2. The summed E-state index contributed by atoms with van der Waals surface area (Å²) in [5.74, 6) is -0.534. The Labute approximate surface area is 88.7 Å². The van der Waals surface area contributed by atoms with Gasteiger partial charge in [0.15, 0.2) is 6.61 Å². The number of hydrogen-bond acceptors (Lipinski definition) is 3. The minimum atomic E-state index is -0.534. The van der Waals surface area contributed by atoms with Crippen molar-refractivity contribution in [3.05, 3.63) is 35.4 Å². The number of carbonyl (C=O) groups is 1. The lowest BCUT2D eigenvalue weighted by Gasteiger charge is -1.97. The molecule has 0 aromatic heterocycles. The summed E-state index contributed by atoms with van der Waals surface area (Å²) in [4.78, 5) is 15.0. The predicted molar refractivity (Wildman–Crippen MR) is 58.6 cm³/mol. The third-order valence-electron chi connectivity index (χ3n) is 1.87. The molecule has 4 nitrogen and oxygen atoms in total. The molecule has 0 fully saturated rings. The Morgan fingerprint density at radius 3 is 2.67 bits per heavy atom. The molecule has 0 bridgehead atoms. The van der Waals surface area contributed by atoms with E-state index in [0.29, 0.717) is 0 Å². The molecule has 0 unspecified atom stereocenters. The second-order valence-electron chi connectivity index (χ2n) is 3.07. The number of hydrogen-bond donors (Lipinski definition) is 1. The molecule has 0 aliphatic heterocycles. The second-order valence-corrected chi connectivity index (χ2v) is 3.07. The van der Waals surface area contributed by atoms with Crippen molar-refractivity contribution in [1.29, 1.82) is 0 Å². The lowest BCUT2D eigenvalue weighted by Crippen LogP contribution is -2.16. The van der Waals surface area contributed by atoms with E-state index in [4.69, 9.17) is 5.73 Å². The molecule has 15 heavy (non-hydrogen) atoms. The van der Waals surface area contributed by atoms with E-state index in [1.807, 2.05) is 24.3 Å². The van der Waals surface area contributed by atoms with Crippen LogP contribution in [0.5, 0.6) is 0 Å². The summed E-state index contributed by atoms with van der Waals surface area (Å²) >= 11 is 0. The van der Waals surface area contributed by atoms with Gasteiger partial charge in [-0.1, -0.05) is 36.3 Å².